The van der Waals surface area contributed by atoms with Crippen molar-refractivity contribution in [2.75, 3.05) is 0 Å². The quantitative estimate of drug-likeness (QED) is 0.613. The zero-order valence-electron chi connectivity index (χ0n) is 9.06. The average molecular weight is 208 g/mol. The number of benzene rings is 1. The van der Waals surface area contributed by atoms with Gasteiger partial charge in [-0.3, -0.25) is 10.1 Å². The molecule has 0 saturated carbocycles. The molecule has 0 heterocycles. The number of allylic oxidation sites excluding steroid dienone is 1. The minimum Gasteiger partial charge on any atom is -0.402 e. The van der Waals surface area contributed by atoms with Crippen LogP contribution in [0.15, 0.2) is 36.5 Å². The van der Waals surface area contributed by atoms with E-state index in [1.165, 1.54) is 12.1 Å². The van der Waals surface area contributed by atoms with Gasteiger partial charge >= 0.3 is 0 Å². The maximum atomic E-state index is 10.3. The fraction of sp³-hybridized carbons (Fsp3) is 0.273. The highest BCUT2D eigenvalue weighted by Gasteiger charge is 2.03. The van der Waals surface area contributed by atoms with Gasteiger partial charge in [-0.2, -0.15) is 0 Å². The first kappa shape index (κ1) is 13.2. The van der Waals surface area contributed by atoms with Crippen LogP contribution in [-0.2, 0) is 6.42 Å². The summed E-state index contributed by atoms with van der Waals surface area (Å²) in [4.78, 5) is 9.87. The molecule has 0 spiro atoms. The second kappa shape index (κ2) is 6.59. The summed E-state index contributed by atoms with van der Waals surface area (Å²) in [7, 11) is 0. The largest absolute Gasteiger partial charge is 0.402 e. The highest BCUT2D eigenvalue weighted by atomic mass is 16.6. The SMILES string of the molecule is C=C(N)Cc1ccc([N+](=O)[O-])cc1.CC. The first-order valence-electron chi connectivity index (χ1n) is 4.76. The van der Waals surface area contributed by atoms with Crippen molar-refractivity contribution >= 4 is 5.69 Å². The van der Waals surface area contributed by atoms with Crippen LogP contribution in [0.1, 0.15) is 19.4 Å². The van der Waals surface area contributed by atoms with Gasteiger partial charge in [0.05, 0.1) is 4.92 Å². The van der Waals surface area contributed by atoms with E-state index in [-0.39, 0.29) is 5.69 Å². The van der Waals surface area contributed by atoms with Crippen LogP contribution < -0.4 is 5.73 Å². The number of hydrogen-bond donors (Lipinski definition) is 1. The summed E-state index contributed by atoms with van der Waals surface area (Å²) in [5, 5.41) is 10.3. The van der Waals surface area contributed by atoms with E-state index in [1.807, 2.05) is 13.8 Å². The van der Waals surface area contributed by atoms with E-state index < -0.39 is 4.92 Å². The van der Waals surface area contributed by atoms with Gasteiger partial charge in [0, 0.05) is 24.3 Å². The minimum atomic E-state index is -0.430. The highest BCUT2D eigenvalue weighted by Crippen LogP contribution is 2.12. The molecule has 0 aliphatic rings. The summed E-state index contributed by atoms with van der Waals surface area (Å²) in [6, 6.07) is 6.27. The summed E-state index contributed by atoms with van der Waals surface area (Å²) in [6.45, 7) is 7.55. The van der Waals surface area contributed by atoms with Gasteiger partial charge in [0.15, 0.2) is 0 Å². The van der Waals surface area contributed by atoms with Crippen LogP contribution >= 0.6 is 0 Å². The van der Waals surface area contributed by atoms with Gasteiger partial charge in [0.25, 0.3) is 5.69 Å². The van der Waals surface area contributed by atoms with Crippen molar-refractivity contribution in [3.05, 3.63) is 52.2 Å². The van der Waals surface area contributed by atoms with Crippen molar-refractivity contribution in [1.82, 2.24) is 0 Å². The van der Waals surface area contributed by atoms with Gasteiger partial charge in [0.2, 0.25) is 0 Å². The Morgan fingerprint density at radius 3 is 2.20 bits per heavy atom. The van der Waals surface area contributed by atoms with Crippen LogP contribution in [0, 0.1) is 10.1 Å². The molecule has 0 aliphatic heterocycles. The molecule has 4 nitrogen and oxygen atoms in total. The lowest BCUT2D eigenvalue weighted by atomic mass is 10.1. The van der Waals surface area contributed by atoms with Crippen molar-refractivity contribution in [3.63, 3.8) is 0 Å². The molecule has 4 heteroatoms. The van der Waals surface area contributed by atoms with Crippen LogP contribution in [0.2, 0.25) is 0 Å². The molecule has 1 aromatic rings. The van der Waals surface area contributed by atoms with Crippen LogP contribution in [0.5, 0.6) is 0 Å². The van der Waals surface area contributed by atoms with Crippen molar-refractivity contribution in [1.29, 1.82) is 0 Å². The Kier molecular flexibility index (Phi) is 5.78. The predicted octanol–water partition coefficient (Wildman–Crippen LogP) is 2.64. The molecule has 0 bridgehead atoms. The third-order valence-electron chi connectivity index (χ3n) is 1.58. The first-order chi connectivity index (χ1) is 7.09. The standard InChI is InChI=1S/C9H10N2O2.C2H6/c1-7(10)6-8-2-4-9(5-3-8)11(12)13;1-2/h2-5H,1,6,10H2;1-2H3. The average Bonchev–Trinajstić information content (AvgIpc) is 2.20. The molecule has 0 amide bonds. The van der Waals surface area contributed by atoms with Gasteiger partial charge < -0.3 is 5.73 Å². The lowest BCUT2D eigenvalue weighted by Crippen LogP contribution is -1.98. The maximum absolute atomic E-state index is 10.3. The molecule has 0 saturated heterocycles. The Balaban J connectivity index is 0.000000921. The summed E-state index contributed by atoms with van der Waals surface area (Å²) in [5.41, 5.74) is 6.96. The molecule has 0 aromatic heterocycles. The fourth-order valence-electron chi connectivity index (χ4n) is 0.998. The molecule has 1 aromatic carbocycles. The second-order valence-corrected chi connectivity index (χ2v) is 2.76. The fourth-order valence-corrected chi connectivity index (χ4v) is 0.998. The molecule has 0 unspecified atom stereocenters. The van der Waals surface area contributed by atoms with Crippen LogP contribution in [0.25, 0.3) is 0 Å². The molecule has 0 radical (unpaired) electrons. The smallest absolute Gasteiger partial charge is 0.269 e. The summed E-state index contributed by atoms with van der Waals surface area (Å²) in [6.07, 6.45) is 0.554. The van der Waals surface area contributed by atoms with E-state index in [0.29, 0.717) is 12.1 Å². The molecule has 1 rings (SSSR count). The topological polar surface area (TPSA) is 69.2 Å². The van der Waals surface area contributed by atoms with Crippen molar-refractivity contribution < 1.29 is 4.92 Å². The zero-order chi connectivity index (χ0) is 11.8. The monoisotopic (exact) mass is 208 g/mol. The van der Waals surface area contributed by atoms with E-state index in [0.717, 1.165) is 5.56 Å². The third kappa shape index (κ3) is 4.81. The van der Waals surface area contributed by atoms with Crippen LogP contribution in [0.3, 0.4) is 0 Å². The first-order valence-corrected chi connectivity index (χ1v) is 4.76. The predicted molar refractivity (Wildman–Crippen MR) is 61.5 cm³/mol. The molecule has 0 fully saturated rings. The zero-order valence-corrected chi connectivity index (χ0v) is 9.06. The normalized spacial score (nSPS) is 8.67. The maximum Gasteiger partial charge on any atom is 0.269 e. The van der Waals surface area contributed by atoms with E-state index in [9.17, 15) is 10.1 Å². The number of nitro groups is 1. The van der Waals surface area contributed by atoms with Gasteiger partial charge in [0.1, 0.15) is 0 Å². The van der Waals surface area contributed by atoms with Gasteiger partial charge in [-0.25, -0.2) is 0 Å². The van der Waals surface area contributed by atoms with Crippen molar-refractivity contribution in [2.24, 2.45) is 5.73 Å². The summed E-state index contributed by atoms with van der Waals surface area (Å²) < 4.78 is 0. The lowest BCUT2D eigenvalue weighted by molar-refractivity contribution is -0.384. The van der Waals surface area contributed by atoms with Crippen molar-refractivity contribution in [3.8, 4) is 0 Å². The van der Waals surface area contributed by atoms with E-state index in [1.54, 1.807) is 12.1 Å². The number of hydrogen-bond acceptors (Lipinski definition) is 3. The highest BCUT2D eigenvalue weighted by molar-refractivity contribution is 5.34. The minimum absolute atomic E-state index is 0.0892. The summed E-state index contributed by atoms with van der Waals surface area (Å²) >= 11 is 0. The Bertz CT molecular complexity index is 331. The molecule has 82 valence electrons. The number of nitrogens with zero attached hydrogens (tertiary/aromatic N) is 1. The molecular weight excluding hydrogens is 192 g/mol. The second-order valence-electron chi connectivity index (χ2n) is 2.76. The Morgan fingerprint density at radius 1 is 1.40 bits per heavy atom. The molecule has 2 N–H and O–H groups in total. The number of nitro benzene ring substituents is 1. The third-order valence-corrected chi connectivity index (χ3v) is 1.58. The molecule has 0 aliphatic carbocycles. The summed E-state index contributed by atoms with van der Waals surface area (Å²) in [5.74, 6) is 0. The number of non-ortho nitro benzene ring substituents is 1. The van der Waals surface area contributed by atoms with Gasteiger partial charge in [-0.05, 0) is 5.56 Å². The van der Waals surface area contributed by atoms with Crippen LogP contribution in [0.4, 0.5) is 5.69 Å². The van der Waals surface area contributed by atoms with E-state index in [2.05, 4.69) is 6.58 Å². The van der Waals surface area contributed by atoms with Gasteiger partial charge in [-0.1, -0.05) is 32.6 Å². The Morgan fingerprint density at radius 2 is 1.87 bits per heavy atom. The van der Waals surface area contributed by atoms with Crippen LogP contribution in [-0.4, -0.2) is 4.92 Å². The van der Waals surface area contributed by atoms with E-state index in [4.69, 9.17) is 5.73 Å². The Labute approximate surface area is 89.6 Å². The van der Waals surface area contributed by atoms with E-state index >= 15 is 0 Å². The number of nitrogens with two attached hydrogens (primary N) is 1. The molecule has 15 heavy (non-hydrogen) atoms. The number of rotatable bonds is 3. The van der Waals surface area contributed by atoms with Gasteiger partial charge in [-0.15, -0.1) is 0 Å². The molecular formula is C11H16N2O2. The Hall–Kier alpha value is -1.84. The lowest BCUT2D eigenvalue weighted by Gasteiger charge is -1.98. The molecule has 0 atom stereocenters. The van der Waals surface area contributed by atoms with Crippen molar-refractivity contribution in [2.45, 2.75) is 20.3 Å².